The molecule has 0 aliphatic rings. The van der Waals surface area contributed by atoms with Gasteiger partial charge >= 0.3 is 0 Å². The number of rotatable bonds is 0. The molecule has 0 heterocycles. The van der Waals surface area contributed by atoms with Gasteiger partial charge in [-0.1, -0.05) is 33.8 Å². The number of nitrogen functional groups attached to an aromatic ring is 1. The van der Waals surface area contributed by atoms with Gasteiger partial charge in [-0.3, -0.25) is 0 Å². The first-order valence-corrected chi connectivity index (χ1v) is 4.77. The van der Waals surface area contributed by atoms with Gasteiger partial charge in [-0.05, 0) is 24.6 Å². The van der Waals surface area contributed by atoms with Crippen LogP contribution in [0, 0.1) is 18.8 Å². The predicted molar refractivity (Wildman–Crippen MR) is 56.3 cm³/mol. The Morgan fingerprint density at radius 1 is 1.50 bits per heavy atom. The van der Waals surface area contributed by atoms with Gasteiger partial charge in [0.15, 0.2) is 0 Å². The standard InChI is InChI=1S/C10H10BrN/c1-8-4-5-10(12)9(7-8)3-2-6-11/h4-5,7H,6,12H2,1H3. The highest BCUT2D eigenvalue weighted by atomic mass is 79.9. The predicted octanol–water partition coefficient (Wildman–Crippen LogP) is 2.32. The Bertz CT molecular complexity index is 333. The Kier molecular flexibility index (Phi) is 3.19. The lowest BCUT2D eigenvalue weighted by Crippen LogP contribution is -1.90. The topological polar surface area (TPSA) is 26.0 Å². The van der Waals surface area contributed by atoms with E-state index in [2.05, 4.69) is 27.8 Å². The van der Waals surface area contributed by atoms with E-state index in [0.717, 1.165) is 11.3 Å². The number of hydrogen-bond donors (Lipinski definition) is 1. The summed E-state index contributed by atoms with van der Waals surface area (Å²) in [6, 6.07) is 5.85. The van der Waals surface area contributed by atoms with Gasteiger partial charge in [0.1, 0.15) is 0 Å². The van der Waals surface area contributed by atoms with Crippen LogP contribution in [0.2, 0.25) is 0 Å². The molecule has 1 aromatic rings. The van der Waals surface area contributed by atoms with E-state index in [1.54, 1.807) is 0 Å². The van der Waals surface area contributed by atoms with Crippen LogP contribution in [0.25, 0.3) is 0 Å². The van der Waals surface area contributed by atoms with E-state index in [1.165, 1.54) is 5.56 Å². The lowest BCUT2D eigenvalue weighted by atomic mass is 10.1. The highest BCUT2D eigenvalue weighted by Gasteiger charge is 1.93. The first-order chi connectivity index (χ1) is 5.74. The molecule has 0 fully saturated rings. The second-order valence-corrected chi connectivity index (χ2v) is 3.09. The molecule has 0 atom stereocenters. The number of nitrogens with two attached hydrogens (primary N) is 1. The molecule has 0 aliphatic heterocycles. The molecule has 2 heteroatoms. The minimum absolute atomic E-state index is 0.681. The first-order valence-electron chi connectivity index (χ1n) is 3.65. The quantitative estimate of drug-likeness (QED) is 0.408. The number of aryl methyl sites for hydroxylation is 1. The van der Waals surface area contributed by atoms with Crippen molar-refractivity contribution in [3.8, 4) is 11.8 Å². The Morgan fingerprint density at radius 2 is 2.25 bits per heavy atom. The maximum absolute atomic E-state index is 5.71. The molecule has 62 valence electrons. The molecule has 0 aromatic heterocycles. The summed E-state index contributed by atoms with van der Waals surface area (Å²) in [5.74, 6) is 5.90. The van der Waals surface area contributed by atoms with Crippen molar-refractivity contribution >= 4 is 21.6 Å². The number of hydrogen-bond acceptors (Lipinski definition) is 1. The van der Waals surface area contributed by atoms with Crippen LogP contribution >= 0.6 is 15.9 Å². The SMILES string of the molecule is Cc1ccc(N)c(C#CCBr)c1. The fourth-order valence-electron chi connectivity index (χ4n) is 0.907. The third kappa shape index (κ3) is 2.28. The van der Waals surface area contributed by atoms with E-state index in [4.69, 9.17) is 5.73 Å². The van der Waals surface area contributed by atoms with E-state index < -0.39 is 0 Å². The zero-order chi connectivity index (χ0) is 8.97. The highest BCUT2D eigenvalue weighted by molar-refractivity contribution is 9.09. The smallest absolute Gasteiger partial charge is 0.0649 e. The molecule has 12 heavy (non-hydrogen) atoms. The van der Waals surface area contributed by atoms with Crippen LogP contribution in [-0.4, -0.2) is 5.33 Å². The summed E-state index contributed by atoms with van der Waals surface area (Å²) in [7, 11) is 0. The molecule has 0 spiro atoms. The van der Waals surface area contributed by atoms with Crippen LogP contribution in [0.1, 0.15) is 11.1 Å². The minimum atomic E-state index is 0.681. The summed E-state index contributed by atoms with van der Waals surface area (Å²) in [5, 5.41) is 0.681. The van der Waals surface area contributed by atoms with Crippen LogP contribution in [0.3, 0.4) is 0 Å². The summed E-state index contributed by atoms with van der Waals surface area (Å²) in [4.78, 5) is 0. The summed E-state index contributed by atoms with van der Waals surface area (Å²) < 4.78 is 0. The van der Waals surface area contributed by atoms with Gasteiger partial charge in [0.05, 0.1) is 5.33 Å². The molecule has 0 aliphatic carbocycles. The highest BCUT2D eigenvalue weighted by Crippen LogP contribution is 2.11. The fourth-order valence-corrected chi connectivity index (χ4v) is 1.05. The van der Waals surface area contributed by atoms with Crippen molar-refractivity contribution in [1.29, 1.82) is 0 Å². The third-order valence-electron chi connectivity index (χ3n) is 1.50. The van der Waals surface area contributed by atoms with Crippen LogP contribution in [-0.2, 0) is 0 Å². The van der Waals surface area contributed by atoms with Gasteiger partial charge < -0.3 is 5.73 Å². The number of halogens is 1. The van der Waals surface area contributed by atoms with Gasteiger partial charge in [0.2, 0.25) is 0 Å². The summed E-state index contributed by atoms with van der Waals surface area (Å²) in [6.45, 7) is 2.03. The van der Waals surface area contributed by atoms with E-state index in [0.29, 0.717) is 5.33 Å². The molecule has 2 N–H and O–H groups in total. The monoisotopic (exact) mass is 223 g/mol. The Labute approximate surface area is 81.1 Å². The van der Waals surface area contributed by atoms with Gasteiger partial charge in [-0.25, -0.2) is 0 Å². The molecule has 0 unspecified atom stereocenters. The Hall–Kier alpha value is -0.940. The molecular formula is C10H10BrN. The van der Waals surface area contributed by atoms with Crippen LogP contribution < -0.4 is 5.73 Å². The average molecular weight is 224 g/mol. The van der Waals surface area contributed by atoms with E-state index in [-0.39, 0.29) is 0 Å². The van der Waals surface area contributed by atoms with Gasteiger partial charge in [0.25, 0.3) is 0 Å². The lowest BCUT2D eigenvalue weighted by molar-refractivity contribution is 1.45. The average Bonchev–Trinajstić information content (AvgIpc) is 2.07. The van der Waals surface area contributed by atoms with Crippen LogP contribution in [0.5, 0.6) is 0 Å². The van der Waals surface area contributed by atoms with Crippen molar-refractivity contribution in [1.82, 2.24) is 0 Å². The maximum Gasteiger partial charge on any atom is 0.0649 e. The normalized spacial score (nSPS) is 8.83. The van der Waals surface area contributed by atoms with Gasteiger partial charge in [0, 0.05) is 11.3 Å². The van der Waals surface area contributed by atoms with E-state index >= 15 is 0 Å². The number of anilines is 1. The number of benzene rings is 1. The summed E-state index contributed by atoms with van der Waals surface area (Å²) in [6.07, 6.45) is 0. The zero-order valence-corrected chi connectivity index (χ0v) is 8.48. The molecule has 1 nitrogen and oxygen atoms in total. The van der Waals surface area contributed by atoms with Gasteiger partial charge in [-0.2, -0.15) is 0 Å². The summed E-state index contributed by atoms with van der Waals surface area (Å²) >= 11 is 3.24. The Balaban J connectivity index is 3.05. The number of alkyl halides is 1. The molecule has 0 saturated carbocycles. The van der Waals surface area contributed by atoms with Crippen molar-refractivity contribution in [2.75, 3.05) is 11.1 Å². The molecule has 1 rings (SSSR count). The van der Waals surface area contributed by atoms with Crippen LogP contribution in [0.4, 0.5) is 5.69 Å². The van der Waals surface area contributed by atoms with Crippen molar-refractivity contribution < 1.29 is 0 Å². The fraction of sp³-hybridized carbons (Fsp3) is 0.200. The minimum Gasteiger partial charge on any atom is -0.398 e. The molecule has 0 saturated heterocycles. The van der Waals surface area contributed by atoms with Crippen molar-refractivity contribution in [2.45, 2.75) is 6.92 Å². The lowest BCUT2D eigenvalue weighted by Gasteiger charge is -1.98. The second kappa shape index (κ2) is 4.18. The molecule has 0 radical (unpaired) electrons. The first kappa shape index (κ1) is 9.15. The Morgan fingerprint density at radius 3 is 2.92 bits per heavy atom. The molecule has 1 aromatic carbocycles. The molecular weight excluding hydrogens is 214 g/mol. The zero-order valence-electron chi connectivity index (χ0n) is 6.89. The molecule has 0 amide bonds. The van der Waals surface area contributed by atoms with Crippen molar-refractivity contribution in [2.24, 2.45) is 0 Å². The maximum atomic E-state index is 5.71. The second-order valence-electron chi connectivity index (χ2n) is 2.53. The molecule has 0 bridgehead atoms. The third-order valence-corrected chi connectivity index (χ3v) is 1.78. The van der Waals surface area contributed by atoms with Crippen LogP contribution in [0.15, 0.2) is 18.2 Å². The van der Waals surface area contributed by atoms with Gasteiger partial charge in [-0.15, -0.1) is 0 Å². The van der Waals surface area contributed by atoms with Crippen molar-refractivity contribution in [3.63, 3.8) is 0 Å². The van der Waals surface area contributed by atoms with Crippen molar-refractivity contribution in [3.05, 3.63) is 29.3 Å². The van der Waals surface area contributed by atoms with E-state index in [9.17, 15) is 0 Å². The van der Waals surface area contributed by atoms with E-state index in [1.807, 2.05) is 25.1 Å². The largest absolute Gasteiger partial charge is 0.398 e. The summed E-state index contributed by atoms with van der Waals surface area (Å²) in [5.41, 5.74) is 8.55.